The molecule has 0 amide bonds. The first-order chi connectivity index (χ1) is 8.75. The fraction of sp³-hybridized carbons (Fsp3) is 0.600. The van der Waals surface area contributed by atoms with Crippen molar-refractivity contribution in [3.8, 4) is 0 Å². The first-order valence-electron chi connectivity index (χ1n) is 6.92. The van der Waals surface area contributed by atoms with Gasteiger partial charge in [0, 0.05) is 6.04 Å². The van der Waals surface area contributed by atoms with E-state index in [2.05, 4.69) is 5.32 Å². The van der Waals surface area contributed by atoms with E-state index in [4.69, 9.17) is 0 Å². The highest BCUT2D eigenvalue weighted by molar-refractivity contribution is 5.19. The van der Waals surface area contributed by atoms with E-state index in [1.54, 1.807) is 12.1 Å². The van der Waals surface area contributed by atoms with Gasteiger partial charge in [0.05, 0.1) is 0 Å². The van der Waals surface area contributed by atoms with Crippen LogP contribution in [0.25, 0.3) is 0 Å². The largest absolute Gasteiger partial charge is 0.313 e. The van der Waals surface area contributed by atoms with E-state index in [1.807, 2.05) is 0 Å². The van der Waals surface area contributed by atoms with Crippen molar-refractivity contribution in [1.29, 1.82) is 0 Å². The van der Waals surface area contributed by atoms with Gasteiger partial charge < -0.3 is 5.32 Å². The second-order valence-corrected chi connectivity index (χ2v) is 5.62. The van der Waals surface area contributed by atoms with Crippen LogP contribution >= 0.6 is 0 Å². The second kappa shape index (κ2) is 4.96. The molecule has 98 valence electrons. The van der Waals surface area contributed by atoms with Crippen LogP contribution in [-0.4, -0.2) is 12.6 Å². The van der Waals surface area contributed by atoms with Gasteiger partial charge in [0.15, 0.2) is 11.6 Å². The third-order valence-corrected chi connectivity index (χ3v) is 4.63. The number of aryl methyl sites for hydroxylation is 1. The van der Waals surface area contributed by atoms with E-state index in [0.717, 1.165) is 24.8 Å². The molecule has 0 aromatic heterocycles. The summed E-state index contributed by atoms with van der Waals surface area (Å²) in [5, 5.41) is 3.55. The van der Waals surface area contributed by atoms with Crippen LogP contribution in [0.2, 0.25) is 0 Å². The van der Waals surface area contributed by atoms with Crippen LogP contribution in [-0.2, 0) is 6.42 Å². The highest BCUT2D eigenvalue weighted by Gasteiger charge is 2.38. The van der Waals surface area contributed by atoms with Gasteiger partial charge in [0.1, 0.15) is 0 Å². The minimum Gasteiger partial charge on any atom is -0.313 e. The fourth-order valence-electron chi connectivity index (χ4n) is 3.67. The molecule has 3 rings (SSSR count). The molecule has 1 aromatic carbocycles. The van der Waals surface area contributed by atoms with Crippen LogP contribution in [0, 0.1) is 23.5 Å². The predicted octanol–water partition coefficient (Wildman–Crippen LogP) is 3.29. The Kier molecular flexibility index (Phi) is 3.33. The molecule has 3 unspecified atom stereocenters. The van der Waals surface area contributed by atoms with Crippen molar-refractivity contribution in [1.82, 2.24) is 5.32 Å². The van der Waals surface area contributed by atoms with Gasteiger partial charge in [-0.15, -0.1) is 0 Å². The van der Waals surface area contributed by atoms with E-state index < -0.39 is 11.6 Å². The normalized spacial score (nSPS) is 30.7. The summed E-state index contributed by atoms with van der Waals surface area (Å²) in [5.74, 6) is 0.193. The third kappa shape index (κ3) is 2.16. The predicted molar refractivity (Wildman–Crippen MR) is 67.3 cm³/mol. The van der Waals surface area contributed by atoms with E-state index >= 15 is 0 Å². The van der Waals surface area contributed by atoms with Crippen molar-refractivity contribution in [3.63, 3.8) is 0 Å². The summed E-state index contributed by atoms with van der Waals surface area (Å²) >= 11 is 0. The van der Waals surface area contributed by atoms with Crippen LogP contribution < -0.4 is 5.32 Å². The molecule has 1 aliphatic carbocycles. The molecule has 0 spiro atoms. The van der Waals surface area contributed by atoms with E-state index in [1.165, 1.54) is 25.3 Å². The van der Waals surface area contributed by atoms with Gasteiger partial charge >= 0.3 is 0 Å². The molecule has 1 aliphatic heterocycles. The Morgan fingerprint density at radius 1 is 1.22 bits per heavy atom. The van der Waals surface area contributed by atoms with Crippen LogP contribution in [0.3, 0.4) is 0 Å². The zero-order chi connectivity index (χ0) is 12.5. The Labute approximate surface area is 107 Å². The maximum Gasteiger partial charge on any atom is 0.162 e. The summed E-state index contributed by atoms with van der Waals surface area (Å²) in [7, 11) is 0. The quantitative estimate of drug-likeness (QED) is 0.869. The maximum atomic E-state index is 13.5. The van der Waals surface area contributed by atoms with Crippen molar-refractivity contribution >= 4 is 0 Å². The van der Waals surface area contributed by atoms with Gasteiger partial charge in [-0.2, -0.15) is 0 Å². The van der Waals surface area contributed by atoms with E-state index in [9.17, 15) is 8.78 Å². The zero-order valence-electron chi connectivity index (χ0n) is 10.5. The molecule has 18 heavy (non-hydrogen) atoms. The van der Waals surface area contributed by atoms with Crippen LogP contribution in [0.15, 0.2) is 18.2 Å². The molecule has 3 atom stereocenters. The molecule has 1 N–H and O–H groups in total. The second-order valence-electron chi connectivity index (χ2n) is 5.62. The van der Waals surface area contributed by atoms with E-state index in [-0.39, 0.29) is 0 Å². The molecule has 1 heterocycles. The molecule has 2 aliphatic rings. The number of halogens is 2. The standard InChI is InChI=1S/C15H19F2N/c16-13-6-2-3-10(15(13)17)7-8-14-12-5-1-4-11(12)9-18-14/h2-3,6,11-12,14,18H,1,4-5,7-9H2. The van der Waals surface area contributed by atoms with Gasteiger partial charge in [-0.1, -0.05) is 18.6 Å². The van der Waals surface area contributed by atoms with Crippen LogP contribution in [0.1, 0.15) is 31.2 Å². The molecular weight excluding hydrogens is 232 g/mol. The molecule has 2 fully saturated rings. The summed E-state index contributed by atoms with van der Waals surface area (Å²) in [5.41, 5.74) is 0.512. The maximum absolute atomic E-state index is 13.5. The summed E-state index contributed by atoms with van der Waals surface area (Å²) < 4.78 is 26.7. The lowest BCUT2D eigenvalue weighted by Crippen LogP contribution is -2.27. The molecule has 0 bridgehead atoms. The first kappa shape index (κ1) is 12.1. The minimum absolute atomic E-state index is 0.500. The topological polar surface area (TPSA) is 12.0 Å². The van der Waals surface area contributed by atoms with Gasteiger partial charge in [0.25, 0.3) is 0 Å². The van der Waals surface area contributed by atoms with Gasteiger partial charge in [-0.3, -0.25) is 0 Å². The molecule has 1 saturated heterocycles. The summed E-state index contributed by atoms with van der Waals surface area (Å²) in [6, 6.07) is 4.97. The van der Waals surface area contributed by atoms with Crippen molar-refractivity contribution in [2.45, 2.75) is 38.1 Å². The molecule has 3 heteroatoms. The van der Waals surface area contributed by atoms with Crippen molar-refractivity contribution < 1.29 is 8.78 Å². The van der Waals surface area contributed by atoms with Crippen LogP contribution in [0.4, 0.5) is 8.78 Å². The zero-order valence-corrected chi connectivity index (χ0v) is 10.5. The summed E-state index contributed by atoms with van der Waals surface area (Å²) in [6.45, 7) is 1.11. The Hall–Kier alpha value is -0.960. The lowest BCUT2D eigenvalue weighted by atomic mass is 9.90. The van der Waals surface area contributed by atoms with Crippen molar-refractivity contribution in [2.24, 2.45) is 11.8 Å². The van der Waals surface area contributed by atoms with Crippen LogP contribution in [0.5, 0.6) is 0 Å². The molecular formula is C15H19F2N. The average molecular weight is 251 g/mol. The third-order valence-electron chi connectivity index (χ3n) is 4.63. The van der Waals surface area contributed by atoms with Gasteiger partial charge in [0.2, 0.25) is 0 Å². The van der Waals surface area contributed by atoms with Crippen molar-refractivity contribution in [3.05, 3.63) is 35.4 Å². The van der Waals surface area contributed by atoms with Gasteiger partial charge in [-0.25, -0.2) is 8.78 Å². The number of hydrogen-bond donors (Lipinski definition) is 1. The number of rotatable bonds is 3. The lowest BCUT2D eigenvalue weighted by Gasteiger charge is -2.18. The number of nitrogens with one attached hydrogen (secondary N) is 1. The first-order valence-corrected chi connectivity index (χ1v) is 6.92. The summed E-state index contributed by atoms with van der Waals surface area (Å²) in [6.07, 6.45) is 5.52. The molecule has 1 aromatic rings. The fourth-order valence-corrected chi connectivity index (χ4v) is 3.67. The molecule has 0 radical (unpaired) electrons. The van der Waals surface area contributed by atoms with E-state index in [0.29, 0.717) is 18.0 Å². The van der Waals surface area contributed by atoms with Gasteiger partial charge in [-0.05, 0) is 55.7 Å². The number of benzene rings is 1. The number of fused-ring (bicyclic) bond motifs is 1. The smallest absolute Gasteiger partial charge is 0.162 e. The highest BCUT2D eigenvalue weighted by Crippen LogP contribution is 2.39. The lowest BCUT2D eigenvalue weighted by molar-refractivity contribution is 0.390. The Balaban J connectivity index is 1.63. The Morgan fingerprint density at radius 2 is 2.11 bits per heavy atom. The molecule has 1 nitrogen and oxygen atoms in total. The highest BCUT2D eigenvalue weighted by atomic mass is 19.2. The summed E-state index contributed by atoms with van der Waals surface area (Å²) in [4.78, 5) is 0. The number of hydrogen-bond acceptors (Lipinski definition) is 1. The minimum atomic E-state index is -0.731. The van der Waals surface area contributed by atoms with Crippen molar-refractivity contribution in [2.75, 3.05) is 6.54 Å². The SMILES string of the molecule is Fc1cccc(CCC2NCC3CCCC32)c1F. The average Bonchev–Trinajstić information content (AvgIpc) is 2.94. The Morgan fingerprint density at radius 3 is 3.00 bits per heavy atom. The monoisotopic (exact) mass is 251 g/mol. The Bertz CT molecular complexity index is 433. The molecule has 1 saturated carbocycles.